The summed E-state index contributed by atoms with van der Waals surface area (Å²) < 4.78 is 9.88. The maximum absolute atomic E-state index is 10.5. The van der Waals surface area contributed by atoms with E-state index in [2.05, 4.69) is 0 Å². The van der Waals surface area contributed by atoms with Crippen LogP contribution < -0.4 is 0 Å². The molecule has 0 unspecified atom stereocenters. The summed E-state index contributed by atoms with van der Waals surface area (Å²) >= 11 is 0. The number of carbonyl (C=O) groups excluding carboxylic acids is 1. The van der Waals surface area contributed by atoms with E-state index >= 15 is 0 Å². The highest BCUT2D eigenvalue weighted by Gasteiger charge is 2.39. The molecule has 0 aromatic carbocycles. The quantitative estimate of drug-likeness (QED) is 0.371. The van der Waals surface area contributed by atoms with Gasteiger partial charge in [0.2, 0.25) is 0 Å². The zero-order chi connectivity index (χ0) is 6.27. The first-order valence-corrected chi connectivity index (χ1v) is 3.17. The fourth-order valence-electron chi connectivity index (χ4n) is 1.08. The third kappa shape index (κ3) is 0.920. The Hall–Kier alpha value is -0.570. The Bertz CT molecular complexity index is 139. The Morgan fingerprint density at radius 3 is 2.67 bits per heavy atom. The van der Waals surface area contributed by atoms with Crippen molar-refractivity contribution in [2.45, 2.75) is 25.0 Å². The van der Waals surface area contributed by atoms with E-state index in [1.807, 2.05) is 0 Å². The molecular weight excluding hydrogens is 120 g/mol. The van der Waals surface area contributed by atoms with Crippen LogP contribution in [0.1, 0.15) is 12.8 Å². The largest absolute Gasteiger partial charge is 0.459 e. The Morgan fingerprint density at radius 1 is 1.44 bits per heavy atom. The average molecular weight is 128 g/mol. The van der Waals surface area contributed by atoms with Gasteiger partial charge in [-0.25, -0.2) is 0 Å². The molecular formula is C6H8O3. The maximum atomic E-state index is 10.5. The first kappa shape index (κ1) is 5.23. The Balaban J connectivity index is 1.92. The van der Waals surface area contributed by atoms with Crippen molar-refractivity contribution in [3.05, 3.63) is 0 Å². The van der Waals surface area contributed by atoms with E-state index in [9.17, 15) is 4.79 Å². The summed E-state index contributed by atoms with van der Waals surface area (Å²) in [6, 6.07) is 0. The smallest absolute Gasteiger partial charge is 0.306 e. The van der Waals surface area contributed by atoms with E-state index in [-0.39, 0.29) is 18.2 Å². The van der Waals surface area contributed by atoms with Gasteiger partial charge in [-0.2, -0.15) is 0 Å². The van der Waals surface area contributed by atoms with Crippen LogP contribution in [0.15, 0.2) is 0 Å². The molecule has 2 aliphatic rings. The van der Waals surface area contributed by atoms with Crippen LogP contribution in [0.5, 0.6) is 0 Å². The van der Waals surface area contributed by atoms with Crippen molar-refractivity contribution in [1.29, 1.82) is 0 Å². The van der Waals surface area contributed by atoms with Crippen LogP contribution in [0.25, 0.3) is 0 Å². The van der Waals surface area contributed by atoms with Crippen LogP contribution in [-0.4, -0.2) is 24.8 Å². The topological polar surface area (TPSA) is 38.8 Å². The lowest BCUT2D eigenvalue weighted by atomic mass is 10.2. The van der Waals surface area contributed by atoms with Gasteiger partial charge >= 0.3 is 5.97 Å². The highest BCUT2D eigenvalue weighted by Crippen LogP contribution is 2.25. The van der Waals surface area contributed by atoms with E-state index in [4.69, 9.17) is 9.47 Å². The molecule has 0 bridgehead atoms. The zero-order valence-electron chi connectivity index (χ0n) is 5.00. The van der Waals surface area contributed by atoms with Gasteiger partial charge in [0, 0.05) is 6.42 Å². The second-order valence-corrected chi connectivity index (χ2v) is 2.44. The van der Waals surface area contributed by atoms with Gasteiger partial charge < -0.3 is 9.47 Å². The maximum Gasteiger partial charge on any atom is 0.306 e. The van der Waals surface area contributed by atoms with E-state index in [0.29, 0.717) is 6.42 Å². The predicted octanol–water partition coefficient (Wildman–Crippen LogP) is 0.0908. The molecule has 0 aromatic rings. The molecule has 50 valence electrons. The molecule has 0 aliphatic carbocycles. The monoisotopic (exact) mass is 128 g/mol. The minimum atomic E-state index is -0.0736. The molecule has 2 fully saturated rings. The summed E-state index contributed by atoms with van der Waals surface area (Å²) in [4.78, 5) is 10.5. The molecule has 0 saturated carbocycles. The number of hydrogen-bond donors (Lipinski definition) is 0. The number of ether oxygens (including phenoxy) is 2. The minimum absolute atomic E-state index is 0.0736. The van der Waals surface area contributed by atoms with Crippen LogP contribution in [0.4, 0.5) is 0 Å². The molecule has 0 radical (unpaired) electrons. The van der Waals surface area contributed by atoms with Gasteiger partial charge in [0.1, 0.15) is 12.2 Å². The van der Waals surface area contributed by atoms with Crippen LogP contribution >= 0.6 is 0 Å². The van der Waals surface area contributed by atoms with Gasteiger partial charge in [0.05, 0.1) is 6.61 Å². The molecule has 3 nitrogen and oxygen atoms in total. The lowest BCUT2D eigenvalue weighted by Gasteiger charge is -2.01. The molecule has 0 N–H and O–H groups in total. The van der Waals surface area contributed by atoms with Crippen molar-refractivity contribution in [1.82, 2.24) is 0 Å². The van der Waals surface area contributed by atoms with Crippen LogP contribution in [0, 0.1) is 0 Å². The van der Waals surface area contributed by atoms with Gasteiger partial charge in [-0.05, 0) is 6.42 Å². The van der Waals surface area contributed by atoms with Crippen molar-refractivity contribution in [3.8, 4) is 0 Å². The fourth-order valence-corrected chi connectivity index (χ4v) is 1.08. The van der Waals surface area contributed by atoms with E-state index in [0.717, 1.165) is 13.0 Å². The second kappa shape index (κ2) is 1.70. The number of hydrogen-bond acceptors (Lipinski definition) is 3. The molecule has 2 aliphatic heterocycles. The fraction of sp³-hybridized carbons (Fsp3) is 0.833. The molecule has 2 atom stereocenters. The number of carbonyl (C=O) groups is 1. The van der Waals surface area contributed by atoms with Crippen LogP contribution in [0.3, 0.4) is 0 Å². The molecule has 2 heterocycles. The summed E-state index contributed by atoms with van der Waals surface area (Å²) in [6.07, 6.45) is 1.74. The third-order valence-corrected chi connectivity index (χ3v) is 1.69. The van der Waals surface area contributed by atoms with Crippen molar-refractivity contribution in [2.24, 2.45) is 0 Å². The Kier molecular flexibility index (Phi) is 0.990. The highest BCUT2D eigenvalue weighted by molar-refractivity contribution is 5.71. The Morgan fingerprint density at radius 2 is 2.22 bits per heavy atom. The van der Waals surface area contributed by atoms with Gasteiger partial charge in [-0.15, -0.1) is 0 Å². The molecule has 2 saturated heterocycles. The zero-order valence-corrected chi connectivity index (χ0v) is 5.00. The second-order valence-electron chi connectivity index (χ2n) is 2.44. The highest BCUT2D eigenvalue weighted by atomic mass is 16.6. The van der Waals surface area contributed by atoms with Crippen LogP contribution in [0.2, 0.25) is 0 Å². The number of cyclic esters (lactones) is 1. The minimum Gasteiger partial charge on any atom is -0.459 e. The standard InChI is InChI=1S/C6H8O3/c7-6-2-1-4(9-6)5-3-8-5/h4-5H,1-3H2/t4-,5+/m0/s1. The lowest BCUT2D eigenvalue weighted by Crippen LogP contribution is -2.13. The molecule has 0 amide bonds. The van der Waals surface area contributed by atoms with Crippen molar-refractivity contribution in [2.75, 3.05) is 6.61 Å². The lowest BCUT2D eigenvalue weighted by molar-refractivity contribution is -0.142. The average Bonchev–Trinajstić information content (AvgIpc) is 2.58. The summed E-state index contributed by atoms with van der Waals surface area (Å²) in [5.74, 6) is -0.0736. The summed E-state index contributed by atoms with van der Waals surface area (Å²) in [6.45, 7) is 0.776. The van der Waals surface area contributed by atoms with Crippen LogP contribution in [-0.2, 0) is 14.3 Å². The SMILES string of the molecule is O=C1CC[C@@H]([C@H]2CO2)O1. The summed E-state index contributed by atoms with van der Waals surface area (Å²) in [5, 5.41) is 0. The van der Waals surface area contributed by atoms with E-state index in [1.54, 1.807) is 0 Å². The summed E-state index contributed by atoms with van der Waals surface area (Å²) in [5.41, 5.74) is 0. The van der Waals surface area contributed by atoms with E-state index in [1.165, 1.54) is 0 Å². The number of rotatable bonds is 1. The molecule has 0 aromatic heterocycles. The van der Waals surface area contributed by atoms with Gasteiger partial charge in [0.25, 0.3) is 0 Å². The van der Waals surface area contributed by atoms with Gasteiger partial charge in [-0.1, -0.05) is 0 Å². The predicted molar refractivity (Wildman–Crippen MR) is 28.9 cm³/mol. The number of esters is 1. The van der Waals surface area contributed by atoms with Gasteiger partial charge in [0.15, 0.2) is 0 Å². The first-order chi connectivity index (χ1) is 4.36. The summed E-state index contributed by atoms with van der Waals surface area (Å²) in [7, 11) is 0. The normalized spacial score (nSPS) is 40.7. The van der Waals surface area contributed by atoms with Crippen molar-refractivity contribution >= 4 is 5.97 Å². The molecule has 0 spiro atoms. The molecule has 3 heteroatoms. The Labute approximate surface area is 52.9 Å². The first-order valence-electron chi connectivity index (χ1n) is 3.17. The van der Waals surface area contributed by atoms with Gasteiger partial charge in [-0.3, -0.25) is 4.79 Å². The number of epoxide rings is 1. The molecule has 9 heavy (non-hydrogen) atoms. The third-order valence-electron chi connectivity index (χ3n) is 1.69. The van der Waals surface area contributed by atoms with Crippen molar-refractivity contribution < 1.29 is 14.3 Å². The van der Waals surface area contributed by atoms with E-state index < -0.39 is 0 Å². The van der Waals surface area contributed by atoms with Crippen molar-refractivity contribution in [3.63, 3.8) is 0 Å². The molecule has 2 rings (SSSR count).